The molecule has 0 N–H and O–H groups in total. The van der Waals surface area contributed by atoms with Crippen LogP contribution < -0.4 is 0 Å². The van der Waals surface area contributed by atoms with Gasteiger partial charge in [-0.25, -0.2) is 4.98 Å². The minimum Gasteiger partial charge on any atom is -0.456 e. The summed E-state index contributed by atoms with van der Waals surface area (Å²) in [5.74, 6) is 0.907. The zero-order chi connectivity index (χ0) is 34.7. The molecule has 0 unspecified atom stereocenters. The predicted octanol–water partition coefficient (Wildman–Crippen LogP) is 12.6. The summed E-state index contributed by atoms with van der Waals surface area (Å²) in [4.78, 5) is 5.16. The third kappa shape index (κ3) is 3.70. The van der Waals surface area contributed by atoms with Crippen LogP contribution >= 0.6 is 0 Å². The zero-order valence-corrected chi connectivity index (χ0v) is 28.6. The topological polar surface area (TPSA) is 31.0 Å². The van der Waals surface area contributed by atoms with Gasteiger partial charge in [0.15, 0.2) is 0 Å². The van der Waals surface area contributed by atoms with Crippen molar-refractivity contribution in [2.45, 2.75) is 5.41 Å². The summed E-state index contributed by atoms with van der Waals surface area (Å²) in [6.45, 7) is 0. The van der Waals surface area contributed by atoms with Crippen molar-refractivity contribution in [2.24, 2.45) is 0 Å². The highest BCUT2D eigenvalue weighted by atomic mass is 16.3. The van der Waals surface area contributed by atoms with Crippen molar-refractivity contribution in [3.8, 4) is 50.5 Å². The molecule has 2 aliphatic rings. The molecule has 0 radical (unpaired) electrons. The molecule has 2 heterocycles. The molecule has 12 rings (SSSR count). The lowest BCUT2D eigenvalue weighted by Gasteiger charge is -2.30. The van der Waals surface area contributed by atoms with E-state index >= 15 is 0 Å². The Balaban J connectivity index is 1.13. The highest BCUT2D eigenvalue weighted by Gasteiger charge is 2.51. The lowest BCUT2D eigenvalue weighted by Crippen LogP contribution is -2.25. The van der Waals surface area contributed by atoms with Crippen LogP contribution in [0.2, 0.25) is 0 Å². The average Bonchev–Trinajstić information content (AvgIpc) is 3.96. The number of furan rings is 1. The minimum atomic E-state index is -0.384. The molecule has 0 atom stereocenters. The molecule has 8 aromatic carbocycles. The quantitative estimate of drug-likeness (QED) is 0.187. The fraction of sp³-hybridized carbons (Fsp3) is 0.0200. The summed E-state index contributed by atoms with van der Waals surface area (Å²) in [5.41, 5.74) is 18.5. The first-order chi connectivity index (χ1) is 26.3. The molecular weight excluding hydrogens is 645 g/mol. The van der Waals surface area contributed by atoms with Crippen LogP contribution in [0.1, 0.15) is 22.3 Å². The molecule has 0 bridgehead atoms. The molecule has 53 heavy (non-hydrogen) atoms. The van der Waals surface area contributed by atoms with E-state index in [2.05, 4.69) is 180 Å². The summed E-state index contributed by atoms with van der Waals surface area (Å²) in [5, 5.41) is 2.16. The van der Waals surface area contributed by atoms with E-state index in [9.17, 15) is 0 Å². The average molecular weight is 675 g/mol. The molecule has 0 saturated heterocycles. The molecular formula is C50H30N2O. The number of aromatic nitrogens is 2. The fourth-order valence-corrected chi connectivity index (χ4v) is 9.60. The minimum absolute atomic E-state index is 0.384. The van der Waals surface area contributed by atoms with Gasteiger partial charge in [0.1, 0.15) is 17.0 Å². The Morgan fingerprint density at radius 2 is 1.08 bits per heavy atom. The summed E-state index contributed by atoms with van der Waals surface area (Å²) in [6.07, 6.45) is 0. The van der Waals surface area contributed by atoms with Crippen LogP contribution in [0, 0.1) is 0 Å². The van der Waals surface area contributed by atoms with Crippen LogP contribution in [0.3, 0.4) is 0 Å². The molecule has 0 fully saturated rings. The van der Waals surface area contributed by atoms with Gasteiger partial charge in [0, 0.05) is 10.9 Å². The number of para-hydroxylation sites is 2. The number of nitrogens with zero attached hydrogens (tertiary/aromatic N) is 2. The molecule has 3 heteroatoms. The van der Waals surface area contributed by atoms with Crippen LogP contribution in [-0.4, -0.2) is 9.55 Å². The molecule has 2 aliphatic carbocycles. The van der Waals surface area contributed by atoms with Gasteiger partial charge in [-0.3, -0.25) is 4.57 Å². The van der Waals surface area contributed by atoms with Crippen LogP contribution in [0.25, 0.3) is 83.4 Å². The molecule has 246 valence electrons. The van der Waals surface area contributed by atoms with E-state index in [1.807, 2.05) is 6.07 Å². The maximum absolute atomic E-state index is 6.61. The molecule has 3 nitrogen and oxygen atoms in total. The molecule has 1 spiro atoms. The standard InChI is InChI=1S/C50H30N2O/c1-2-14-31(15-3-1)49-51-42-24-10-11-25-43(42)52(49)44-26-13-27-46-48(44)37-30-32(28-29-45(37)53-46)33-19-12-23-41-47(33)36-18-6-9-22-40(36)50(41)38-20-7-4-16-34(38)35-17-5-8-21-39(35)50/h1-30H. The highest BCUT2D eigenvalue weighted by molar-refractivity contribution is 6.12. The van der Waals surface area contributed by atoms with Gasteiger partial charge in [-0.1, -0.05) is 146 Å². The van der Waals surface area contributed by atoms with Crippen molar-refractivity contribution in [3.05, 3.63) is 204 Å². The number of hydrogen-bond acceptors (Lipinski definition) is 2. The fourth-order valence-electron chi connectivity index (χ4n) is 9.60. The first-order valence-corrected chi connectivity index (χ1v) is 18.2. The molecule has 0 amide bonds. The van der Waals surface area contributed by atoms with Gasteiger partial charge in [0.25, 0.3) is 0 Å². The monoisotopic (exact) mass is 674 g/mol. The predicted molar refractivity (Wildman–Crippen MR) is 216 cm³/mol. The number of fused-ring (bicyclic) bond motifs is 14. The second-order valence-electron chi connectivity index (χ2n) is 14.2. The van der Waals surface area contributed by atoms with E-state index in [-0.39, 0.29) is 5.41 Å². The van der Waals surface area contributed by atoms with Gasteiger partial charge in [0.05, 0.1) is 27.5 Å². The summed E-state index contributed by atoms with van der Waals surface area (Å²) < 4.78 is 8.90. The number of benzene rings is 8. The third-order valence-corrected chi connectivity index (χ3v) is 11.6. The van der Waals surface area contributed by atoms with E-state index in [0.717, 1.165) is 55.6 Å². The van der Waals surface area contributed by atoms with Crippen molar-refractivity contribution in [1.29, 1.82) is 0 Å². The second kappa shape index (κ2) is 10.5. The van der Waals surface area contributed by atoms with E-state index < -0.39 is 0 Å². The smallest absolute Gasteiger partial charge is 0.145 e. The van der Waals surface area contributed by atoms with Gasteiger partial charge in [-0.2, -0.15) is 0 Å². The van der Waals surface area contributed by atoms with E-state index in [4.69, 9.17) is 9.40 Å². The Kier molecular flexibility index (Phi) is 5.70. The summed E-state index contributed by atoms with van der Waals surface area (Å²) in [7, 11) is 0. The molecule has 2 aromatic heterocycles. The van der Waals surface area contributed by atoms with Crippen molar-refractivity contribution < 1.29 is 4.42 Å². The van der Waals surface area contributed by atoms with Gasteiger partial charge < -0.3 is 4.42 Å². The Morgan fingerprint density at radius 1 is 0.453 bits per heavy atom. The maximum Gasteiger partial charge on any atom is 0.145 e. The maximum atomic E-state index is 6.61. The van der Waals surface area contributed by atoms with Gasteiger partial charge >= 0.3 is 0 Å². The molecule has 0 aliphatic heterocycles. The van der Waals surface area contributed by atoms with E-state index in [1.165, 1.54) is 50.1 Å². The van der Waals surface area contributed by atoms with Crippen molar-refractivity contribution in [1.82, 2.24) is 9.55 Å². The van der Waals surface area contributed by atoms with Crippen LogP contribution in [0.15, 0.2) is 186 Å². The van der Waals surface area contributed by atoms with E-state index in [0.29, 0.717) is 0 Å². The SMILES string of the molecule is c1ccc(-c2nc3ccccc3n2-c2cccc3oc4ccc(-c5cccc6c5-c5ccccc5C65c6ccccc6-c6ccccc65)cc4c23)cc1. The normalized spacial score (nSPS) is 13.4. The second-order valence-corrected chi connectivity index (χ2v) is 14.2. The first-order valence-electron chi connectivity index (χ1n) is 18.2. The van der Waals surface area contributed by atoms with Crippen molar-refractivity contribution in [2.75, 3.05) is 0 Å². The Morgan fingerprint density at radius 3 is 1.87 bits per heavy atom. The Hall–Kier alpha value is -6.97. The largest absolute Gasteiger partial charge is 0.456 e. The lowest BCUT2D eigenvalue weighted by atomic mass is 9.70. The van der Waals surface area contributed by atoms with E-state index in [1.54, 1.807) is 0 Å². The summed E-state index contributed by atoms with van der Waals surface area (Å²) >= 11 is 0. The number of imidazole rings is 1. The number of rotatable bonds is 3. The van der Waals surface area contributed by atoms with Crippen molar-refractivity contribution >= 4 is 33.0 Å². The Bertz CT molecular complexity index is 3080. The van der Waals surface area contributed by atoms with Gasteiger partial charge in [0.2, 0.25) is 0 Å². The van der Waals surface area contributed by atoms with Crippen molar-refractivity contribution in [3.63, 3.8) is 0 Å². The molecule has 10 aromatic rings. The van der Waals surface area contributed by atoms with Crippen LogP contribution in [-0.2, 0) is 5.41 Å². The Labute approximate surface area is 306 Å². The number of hydrogen-bond donors (Lipinski definition) is 0. The summed E-state index contributed by atoms with van der Waals surface area (Å²) in [6, 6.07) is 65.8. The molecule has 0 saturated carbocycles. The highest BCUT2D eigenvalue weighted by Crippen LogP contribution is 2.64. The zero-order valence-electron chi connectivity index (χ0n) is 28.6. The van der Waals surface area contributed by atoms with Crippen LogP contribution in [0.4, 0.5) is 0 Å². The van der Waals surface area contributed by atoms with Gasteiger partial charge in [-0.15, -0.1) is 0 Å². The van der Waals surface area contributed by atoms with Gasteiger partial charge in [-0.05, 0) is 92.0 Å². The first kappa shape index (κ1) is 28.7. The van der Waals surface area contributed by atoms with Crippen LogP contribution in [0.5, 0.6) is 0 Å². The third-order valence-electron chi connectivity index (χ3n) is 11.6. The lowest BCUT2D eigenvalue weighted by molar-refractivity contribution is 0.669.